The van der Waals surface area contributed by atoms with Crippen molar-refractivity contribution in [3.8, 4) is 11.1 Å². The number of imidazole rings is 1. The van der Waals surface area contributed by atoms with E-state index in [1.54, 1.807) is 28.5 Å². The summed E-state index contributed by atoms with van der Waals surface area (Å²) in [6, 6.07) is 4.62. The van der Waals surface area contributed by atoms with Gasteiger partial charge in [0.05, 0.1) is 5.69 Å². The summed E-state index contributed by atoms with van der Waals surface area (Å²) >= 11 is 0. The predicted octanol–water partition coefficient (Wildman–Crippen LogP) is 2.85. The fourth-order valence-electron chi connectivity index (χ4n) is 3.31. The van der Waals surface area contributed by atoms with Crippen molar-refractivity contribution in [2.24, 2.45) is 7.05 Å². The molecule has 0 unspecified atom stereocenters. The standard InChI is InChI=1S/C18H15F2N5/c1-24-7-12-2-10(3-14(19)17(12)23-24)11-4-15(20)18-22-16(9-25(18)8-11)13-5-21-6-13/h2-4,7-9,13,21H,5-6H2,1H3. The lowest BCUT2D eigenvalue weighted by Crippen LogP contribution is -2.40. The van der Waals surface area contributed by atoms with Crippen molar-refractivity contribution in [1.29, 1.82) is 0 Å². The third-order valence-corrected chi connectivity index (χ3v) is 4.73. The highest BCUT2D eigenvalue weighted by Gasteiger charge is 2.22. The van der Waals surface area contributed by atoms with Crippen LogP contribution in [0.4, 0.5) is 8.78 Å². The Labute approximate surface area is 141 Å². The number of fused-ring (bicyclic) bond motifs is 2. The van der Waals surface area contributed by atoms with Crippen molar-refractivity contribution in [3.05, 3.63) is 54.1 Å². The second-order valence-corrected chi connectivity index (χ2v) is 6.53. The van der Waals surface area contributed by atoms with Crippen LogP contribution in [-0.2, 0) is 7.05 Å². The highest BCUT2D eigenvalue weighted by molar-refractivity contribution is 5.84. The normalized spacial score (nSPS) is 15.2. The maximum Gasteiger partial charge on any atom is 0.173 e. The van der Waals surface area contributed by atoms with Gasteiger partial charge in [0.1, 0.15) is 5.52 Å². The van der Waals surface area contributed by atoms with Crippen molar-refractivity contribution < 1.29 is 8.78 Å². The molecule has 126 valence electrons. The quantitative estimate of drug-likeness (QED) is 0.611. The van der Waals surface area contributed by atoms with E-state index in [4.69, 9.17) is 0 Å². The highest BCUT2D eigenvalue weighted by Crippen LogP contribution is 2.29. The van der Waals surface area contributed by atoms with Crippen LogP contribution in [-0.4, -0.2) is 32.3 Å². The van der Waals surface area contributed by atoms with Gasteiger partial charge in [-0.1, -0.05) is 0 Å². The van der Waals surface area contributed by atoms with E-state index in [0.29, 0.717) is 33.6 Å². The van der Waals surface area contributed by atoms with Crippen molar-refractivity contribution in [2.75, 3.05) is 13.1 Å². The summed E-state index contributed by atoms with van der Waals surface area (Å²) in [5.74, 6) is -0.505. The maximum atomic E-state index is 14.5. The molecule has 3 aromatic heterocycles. The summed E-state index contributed by atoms with van der Waals surface area (Å²) in [6.07, 6.45) is 5.39. The number of halogens is 2. The smallest absolute Gasteiger partial charge is 0.173 e. The molecule has 5 nitrogen and oxygen atoms in total. The minimum Gasteiger partial charge on any atom is -0.315 e. The molecule has 1 aromatic carbocycles. The molecule has 25 heavy (non-hydrogen) atoms. The molecule has 7 heteroatoms. The van der Waals surface area contributed by atoms with Gasteiger partial charge in [0.15, 0.2) is 17.3 Å². The maximum absolute atomic E-state index is 14.5. The minimum atomic E-state index is -0.416. The minimum absolute atomic E-state index is 0.300. The van der Waals surface area contributed by atoms with E-state index in [9.17, 15) is 8.78 Å². The first kappa shape index (κ1) is 14.5. The third-order valence-electron chi connectivity index (χ3n) is 4.73. The van der Waals surface area contributed by atoms with E-state index in [-0.39, 0.29) is 0 Å². The van der Waals surface area contributed by atoms with Gasteiger partial charge < -0.3 is 9.72 Å². The zero-order valence-corrected chi connectivity index (χ0v) is 13.5. The van der Waals surface area contributed by atoms with Crippen molar-refractivity contribution >= 4 is 16.6 Å². The molecular formula is C18H15F2N5. The van der Waals surface area contributed by atoms with Crippen LogP contribution < -0.4 is 5.32 Å². The van der Waals surface area contributed by atoms with E-state index in [2.05, 4.69) is 15.4 Å². The molecule has 0 aliphatic carbocycles. The zero-order valence-electron chi connectivity index (χ0n) is 13.5. The van der Waals surface area contributed by atoms with Crippen LogP contribution in [0.2, 0.25) is 0 Å². The van der Waals surface area contributed by atoms with Gasteiger partial charge in [0.2, 0.25) is 0 Å². The predicted molar refractivity (Wildman–Crippen MR) is 90.4 cm³/mol. The molecule has 0 radical (unpaired) electrons. The second-order valence-electron chi connectivity index (χ2n) is 6.53. The Balaban J connectivity index is 1.67. The fourth-order valence-corrected chi connectivity index (χ4v) is 3.31. The zero-order chi connectivity index (χ0) is 17.1. The van der Waals surface area contributed by atoms with Gasteiger partial charge in [0.25, 0.3) is 0 Å². The van der Waals surface area contributed by atoms with Gasteiger partial charge in [-0.2, -0.15) is 5.10 Å². The Morgan fingerprint density at radius 1 is 1.04 bits per heavy atom. The number of benzene rings is 1. The monoisotopic (exact) mass is 339 g/mol. The molecule has 0 bridgehead atoms. The summed E-state index contributed by atoms with van der Waals surface area (Å²) < 4.78 is 32.1. The number of hydrogen-bond acceptors (Lipinski definition) is 3. The molecule has 1 aliphatic heterocycles. The number of aryl methyl sites for hydroxylation is 1. The molecule has 1 aliphatic rings. The second kappa shape index (κ2) is 5.10. The number of nitrogens with zero attached hydrogens (tertiary/aromatic N) is 4. The lowest BCUT2D eigenvalue weighted by Gasteiger charge is -2.24. The van der Waals surface area contributed by atoms with Crippen LogP contribution in [0, 0.1) is 11.6 Å². The average molecular weight is 339 g/mol. The van der Waals surface area contributed by atoms with Gasteiger partial charge in [0, 0.05) is 55.6 Å². The summed E-state index contributed by atoms with van der Waals surface area (Å²) in [5.41, 5.74) is 2.71. The number of nitrogens with one attached hydrogen (secondary N) is 1. The first-order valence-electron chi connectivity index (χ1n) is 8.10. The average Bonchev–Trinajstić information content (AvgIpc) is 3.08. The lowest BCUT2D eigenvalue weighted by molar-refractivity contribution is 0.441. The largest absolute Gasteiger partial charge is 0.315 e. The molecule has 1 fully saturated rings. The fraction of sp³-hybridized carbons (Fsp3) is 0.222. The lowest BCUT2D eigenvalue weighted by atomic mass is 10.0. The Morgan fingerprint density at radius 3 is 2.60 bits per heavy atom. The number of pyridine rings is 1. The SMILES string of the molecule is Cn1cc2cc(-c3cc(F)c4nc(C5CNC5)cn4c3)cc(F)c2n1. The summed E-state index contributed by atoms with van der Waals surface area (Å²) in [5, 5.41) is 7.97. The van der Waals surface area contributed by atoms with Crippen LogP contribution in [0.1, 0.15) is 11.6 Å². The first-order chi connectivity index (χ1) is 12.1. The molecule has 5 rings (SSSR count). The van der Waals surface area contributed by atoms with Gasteiger partial charge in [-0.25, -0.2) is 13.8 Å². The van der Waals surface area contributed by atoms with Crippen molar-refractivity contribution in [2.45, 2.75) is 5.92 Å². The number of rotatable bonds is 2. The van der Waals surface area contributed by atoms with Gasteiger partial charge >= 0.3 is 0 Å². The molecule has 4 heterocycles. The number of hydrogen-bond donors (Lipinski definition) is 1. The highest BCUT2D eigenvalue weighted by atomic mass is 19.1. The molecule has 0 amide bonds. The summed E-state index contributed by atoms with van der Waals surface area (Å²) in [4.78, 5) is 4.40. The topological polar surface area (TPSA) is 47.2 Å². The molecule has 0 atom stereocenters. The van der Waals surface area contributed by atoms with Crippen LogP contribution in [0.5, 0.6) is 0 Å². The van der Waals surface area contributed by atoms with Crippen LogP contribution in [0.3, 0.4) is 0 Å². The van der Waals surface area contributed by atoms with Gasteiger partial charge in [-0.3, -0.25) is 4.68 Å². The van der Waals surface area contributed by atoms with Crippen molar-refractivity contribution in [1.82, 2.24) is 24.5 Å². The number of aromatic nitrogens is 4. The molecular weight excluding hydrogens is 324 g/mol. The van der Waals surface area contributed by atoms with Crippen LogP contribution in [0.15, 0.2) is 36.8 Å². The van der Waals surface area contributed by atoms with E-state index in [1.807, 2.05) is 12.3 Å². The molecule has 0 spiro atoms. The Bertz CT molecular complexity index is 1120. The molecule has 1 saturated heterocycles. The Hall–Kier alpha value is -2.80. The van der Waals surface area contributed by atoms with E-state index < -0.39 is 11.6 Å². The van der Waals surface area contributed by atoms with Gasteiger partial charge in [-0.15, -0.1) is 0 Å². The Morgan fingerprint density at radius 2 is 1.84 bits per heavy atom. The van der Waals surface area contributed by atoms with Crippen molar-refractivity contribution in [3.63, 3.8) is 0 Å². The molecule has 4 aromatic rings. The van der Waals surface area contributed by atoms with E-state index in [1.165, 1.54) is 12.1 Å². The van der Waals surface area contributed by atoms with Crippen LogP contribution >= 0.6 is 0 Å². The molecule has 0 saturated carbocycles. The third kappa shape index (κ3) is 2.23. The van der Waals surface area contributed by atoms with Crippen LogP contribution in [0.25, 0.3) is 27.7 Å². The first-order valence-corrected chi connectivity index (χ1v) is 8.10. The summed E-state index contributed by atoms with van der Waals surface area (Å²) in [6.45, 7) is 1.72. The Kier molecular flexibility index (Phi) is 2.96. The van der Waals surface area contributed by atoms with E-state index in [0.717, 1.165) is 18.8 Å². The van der Waals surface area contributed by atoms with E-state index >= 15 is 0 Å². The molecule has 1 N–H and O–H groups in total. The summed E-state index contributed by atoms with van der Waals surface area (Å²) in [7, 11) is 1.74. The van der Waals surface area contributed by atoms with Gasteiger partial charge in [-0.05, 0) is 23.8 Å².